The van der Waals surface area contributed by atoms with Crippen LogP contribution >= 0.6 is 11.3 Å². The zero-order valence-electron chi connectivity index (χ0n) is 17.9. The molecule has 3 rings (SSSR count). The van der Waals surface area contributed by atoms with E-state index in [1.807, 2.05) is 18.7 Å². The maximum absolute atomic E-state index is 12.9. The monoisotopic (exact) mass is 506 g/mol. The second kappa shape index (κ2) is 9.59. The molecular formula is C18H21F3N6O4S2. The Morgan fingerprint density at radius 3 is 2.70 bits per heavy atom. The molecule has 0 bridgehead atoms. The molecule has 0 radical (unpaired) electrons. The van der Waals surface area contributed by atoms with E-state index in [1.54, 1.807) is 11.8 Å². The fraction of sp³-hybridized carbons (Fsp3) is 0.500. The number of azo groups is 1. The van der Waals surface area contributed by atoms with E-state index in [-0.39, 0.29) is 34.0 Å². The van der Waals surface area contributed by atoms with Gasteiger partial charge in [-0.05, 0) is 36.5 Å². The number of benzene rings is 1. The summed E-state index contributed by atoms with van der Waals surface area (Å²) in [6.45, 7) is 4.60. The zero-order valence-corrected chi connectivity index (χ0v) is 19.5. The molecule has 15 heteroatoms. The number of fused-ring (bicyclic) bond motifs is 1. The van der Waals surface area contributed by atoms with Crippen LogP contribution in [0, 0.1) is 5.92 Å². The zero-order chi connectivity index (χ0) is 24.4. The molecule has 1 aliphatic rings. The standard InChI is InChI=1S/C18H21F3N6O4S2/c1-10(2)9-31-16(28)15-23-25-17(32-15)24-22-12-7-11-5-4-6-27(3)14(11)8-13(12)26-33(29,30)18(19,20)21/h7-8,10,26H,4-6,9H2,1-3H3. The summed E-state index contributed by atoms with van der Waals surface area (Å²) in [6.07, 6.45) is 1.45. The Labute approximate surface area is 191 Å². The first kappa shape index (κ1) is 24.8. The van der Waals surface area contributed by atoms with Gasteiger partial charge in [-0.1, -0.05) is 25.2 Å². The minimum absolute atomic E-state index is 0.0500. The second-order valence-corrected chi connectivity index (χ2v) is 10.3. The maximum atomic E-state index is 12.9. The Morgan fingerprint density at radius 2 is 2.03 bits per heavy atom. The normalized spacial score (nSPS) is 14.6. The van der Waals surface area contributed by atoms with Crippen molar-refractivity contribution in [2.75, 3.05) is 29.8 Å². The van der Waals surface area contributed by atoms with Gasteiger partial charge in [-0.25, -0.2) is 4.79 Å². The average Bonchev–Trinajstić information content (AvgIpc) is 3.19. The van der Waals surface area contributed by atoms with E-state index in [9.17, 15) is 26.4 Å². The van der Waals surface area contributed by atoms with Gasteiger partial charge in [0.05, 0.1) is 12.3 Å². The van der Waals surface area contributed by atoms with Gasteiger partial charge in [-0.2, -0.15) is 21.6 Å². The first-order valence-corrected chi connectivity index (χ1v) is 12.1. The average molecular weight is 507 g/mol. The second-order valence-electron chi connectivity index (χ2n) is 7.66. The van der Waals surface area contributed by atoms with Crippen LogP contribution in [-0.4, -0.2) is 50.3 Å². The van der Waals surface area contributed by atoms with Crippen LogP contribution in [0.2, 0.25) is 0 Å². The number of aromatic nitrogens is 2. The minimum atomic E-state index is -5.68. The largest absolute Gasteiger partial charge is 0.516 e. The number of hydrogen-bond acceptors (Lipinski definition) is 10. The van der Waals surface area contributed by atoms with Gasteiger partial charge in [0.25, 0.3) is 5.13 Å². The molecule has 0 unspecified atom stereocenters. The van der Waals surface area contributed by atoms with Gasteiger partial charge in [-0.15, -0.1) is 20.4 Å². The molecule has 33 heavy (non-hydrogen) atoms. The van der Waals surface area contributed by atoms with E-state index >= 15 is 0 Å². The van der Waals surface area contributed by atoms with Crippen LogP contribution in [0.25, 0.3) is 0 Å². The lowest BCUT2D eigenvalue weighted by Crippen LogP contribution is -2.30. The summed E-state index contributed by atoms with van der Waals surface area (Å²) in [6, 6.07) is 2.77. The summed E-state index contributed by atoms with van der Waals surface area (Å²) in [5.41, 5.74) is -4.65. The highest BCUT2D eigenvalue weighted by molar-refractivity contribution is 7.93. The predicted molar refractivity (Wildman–Crippen MR) is 116 cm³/mol. The number of esters is 1. The number of aryl methyl sites for hydroxylation is 1. The van der Waals surface area contributed by atoms with Gasteiger partial charge in [0.15, 0.2) is 0 Å². The Balaban J connectivity index is 1.92. The van der Waals surface area contributed by atoms with Crippen LogP contribution < -0.4 is 9.62 Å². The van der Waals surface area contributed by atoms with Gasteiger partial charge in [0.1, 0.15) is 5.69 Å². The highest BCUT2D eigenvalue weighted by Crippen LogP contribution is 2.39. The molecule has 0 aliphatic carbocycles. The molecule has 0 spiro atoms. The number of rotatable bonds is 7. The number of alkyl halides is 3. The van der Waals surface area contributed by atoms with Crippen LogP contribution in [0.5, 0.6) is 0 Å². The summed E-state index contributed by atoms with van der Waals surface area (Å²) >= 11 is 0.780. The highest BCUT2D eigenvalue weighted by Gasteiger charge is 2.46. The van der Waals surface area contributed by atoms with E-state index in [0.717, 1.165) is 23.3 Å². The van der Waals surface area contributed by atoms with Crippen LogP contribution in [0.1, 0.15) is 35.6 Å². The van der Waals surface area contributed by atoms with E-state index in [2.05, 4.69) is 20.4 Å². The molecule has 0 saturated carbocycles. The lowest BCUT2D eigenvalue weighted by atomic mass is 10.0. The van der Waals surface area contributed by atoms with Crippen molar-refractivity contribution in [3.8, 4) is 0 Å². The Kier molecular flexibility index (Phi) is 7.21. The lowest BCUT2D eigenvalue weighted by molar-refractivity contribution is -0.0429. The quantitative estimate of drug-likeness (QED) is 0.435. The van der Waals surface area contributed by atoms with Crippen molar-refractivity contribution in [2.45, 2.75) is 32.2 Å². The molecule has 180 valence electrons. The molecule has 1 aromatic heterocycles. The molecule has 2 heterocycles. The Hall–Kier alpha value is -2.81. The first-order chi connectivity index (χ1) is 15.4. The van der Waals surface area contributed by atoms with Crippen molar-refractivity contribution in [3.63, 3.8) is 0 Å². The highest BCUT2D eigenvalue weighted by atomic mass is 32.2. The number of carbonyl (C=O) groups is 1. The SMILES string of the molecule is CC(C)COC(=O)c1nnc(N=Nc2cc3c(cc2NS(=O)(=O)C(F)(F)F)N(C)CCC3)s1. The van der Waals surface area contributed by atoms with E-state index in [0.29, 0.717) is 18.7 Å². The Bertz CT molecular complexity index is 1160. The van der Waals surface area contributed by atoms with Gasteiger partial charge in [0.2, 0.25) is 5.01 Å². The molecule has 10 nitrogen and oxygen atoms in total. The summed E-state index contributed by atoms with van der Waals surface area (Å²) < 4.78 is 68.8. The number of ether oxygens (including phenoxy) is 1. The molecule has 2 aromatic rings. The minimum Gasteiger partial charge on any atom is -0.460 e. The topological polar surface area (TPSA) is 126 Å². The predicted octanol–water partition coefficient (Wildman–Crippen LogP) is 4.41. The third-order valence-electron chi connectivity index (χ3n) is 4.48. The number of hydrogen-bond donors (Lipinski definition) is 1. The molecule has 0 amide bonds. The van der Waals surface area contributed by atoms with Gasteiger partial charge in [0, 0.05) is 19.3 Å². The number of nitrogens with zero attached hydrogens (tertiary/aromatic N) is 5. The molecule has 0 saturated heterocycles. The van der Waals surface area contributed by atoms with Gasteiger partial charge < -0.3 is 9.64 Å². The smallest absolute Gasteiger partial charge is 0.460 e. The van der Waals surface area contributed by atoms with Crippen molar-refractivity contribution < 1.29 is 31.1 Å². The van der Waals surface area contributed by atoms with Crippen LogP contribution in [0.15, 0.2) is 22.4 Å². The Morgan fingerprint density at radius 1 is 1.30 bits per heavy atom. The van der Waals surface area contributed by atoms with Crippen LogP contribution in [0.3, 0.4) is 0 Å². The third-order valence-corrected chi connectivity index (χ3v) is 6.36. The van der Waals surface area contributed by atoms with E-state index in [1.165, 1.54) is 12.1 Å². The van der Waals surface area contributed by atoms with Crippen molar-refractivity contribution in [1.29, 1.82) is 0 Å². The molecular weight excluding hydrogens is 485 g/mol. The summed E-state index contributed by atoms with van der Waals surface area (Å²) in [4.78, 5) is 13.8. The molecule has 0 atom stereocenters. The molecule has 1 aliphatic heterocycles. The number of anilines is 2. The third kappa shape index (κ3) is 5.96. The van der Waals surface area contributed by atoms with Gasteiger partial charge >= 0.3 is 21.5 Å². The number of sulfonamides is 1. The molecule has 0 fully saturated rings. The van der Waals surface area contributed by atoms with Crippen molar-refractivity contribution >= 4 is 49.5 Å². The van der Waals surface area contributed by atoms with Crippen LogP contribution in [-0.2, 0) is 21.2 Å². The van der Waals surface area contributed by atoms with E-state index in [4.69, 9.17) is 4.74 Å². The number of carbonyl (C=O) groups excluding carboxylic acids is 1. The fourth-order valence-corrected chi connectivity index (χ4v) is 4.04. The fourth-order valence-electron chi connectivity index (χ4n) is 2.91. The number of nitrogens with one attached hydrogen (secondary N) is 1. The maximum Gasteiger partial charge on any atom is 0.516 e. The van der Waals surface area contributed by atoms with E-state index < -0.39 is 21.5 Å². The van der Waals surface area contributed by atoms with Crippen molar-refractivity contribution in [1.82, 2.24) is 10.2 Å². The first-order valence-electron chi connectivity index (χ1n) is 9.77. The van der Waals surface area contributed by atoms with Gasteiger partial charge in [-0.3, -0.25) is 4.72 Å². The van der Waals surface area contributed by atoms with Crippen LogP contribution in [0.4, 0.5) is 35.4 Å². The summed E-state index contributed by atoms with van der Waals surface area (Å²) in [5.74, 6) is -0.555. The van der Waals surface area contributed by atoms with Crippen molar-refractivity contribution in [3.05, 3.63) is 22.7 Å². The molecule has 1 N–H and O–H groups in total. The summed E-state index contributed by atoms with van der Waals surface area (Å²) in [5, 5.41) is 15.0. The lowest BCUT2D eigenvalue weighted by Gasteiger charge is -2.28. The van der Waals surface area contributed by atoms with Crippen molar-refractivity contribution in [2.24, 2.45) is 16.1 Å². The molecule has 1 aromatic carbocycles. The number of halogens is 3. The summed E-state index contributed by atoms with van der Waals surface area (Å²) in [7, 11) is -3.93.